The summed E-state index contributed by atoms with van der Waals surface area (Å²) in [4.78, 5) is 19.4. The molecule has 2 N–H and O–H groups in total. The first-order valence-corrected chi connectivity index (χ1v) is 14.9. The number of nitrogens with one attached hydrogen (secondary N) is 2. The van der Waals surface area contributed by atoms with Crippen LogP contribution < -0.4 is 10.6 Å². The second kappa shape index (κ2) is 9.70. The zero-order valence-corrected chi connectivity index (χ0v) is 22.2. The van der Waals surface area contributed by atoms with E-state index in [1.807, 2.05) is 79.0 Å². The number of hydrogen-bond donors (Lipinski definition) is 2. The maximum Gasteiger partial charge on any atom is 0.256 e. The Kier molecular flexibility index (Phi) is 6.21. The number of carbonyl (C=O) groups is 1. The summed E-state index contributed by atoms with van der Waals surface area (Å²) in [5.74, 6) is -0.120. The van der Waals surface area contributed by atoms with Crippen molar-refractivity contribution in [3.8, 4) is 10.6 Å². The summed E-state index contributed by atoms with van der Waals surface area (Å²) in [6.07, 6.45) is 0.481. The van der Waals surface area contributed by atoms with Crippen LogP contribution in [0.5, 0.6) is 0 Å². The van der Waals surface area contributed by atoms with Crippen LogP contribution in [-0.2, 0) is 9.84 Å². The maximum absolute atomic E-state index is 13.6. The van der Waals surface area contributed by atoms with Gasteiger partial charge in [0, 0.05) is 17.1 Å². The lowest BCUT2D eigenvalue weighted by Gasteiger charge is -2.12. The Bertz CT molecular complexity index is 1730. The van der Waals surface area contributed by atoms with Crippen LogP contribution in [0.1, 0.15) is 28.5 Å². The molecule has 38 heavy (non-hydrogen) atoms. The number of hydrogen-bond acceptors (Lipinski definition) is 7. The fourth-order valence-electron chi connectivity index (χ4n) is 4.79. The molecule has 1 aliphatic rings. The predicted octanol–water partition coefficient (Wildman–Crippen LogP) is 5.82. The third-order valence-electron chi connectivity index (χ3n) is 6.61. The third kappa shape index (κ3) is 4.80. The molecule has 0 radical (unpaired) electrons. The van der Waals surface area contributed by atoms with E-state index in [0.717, 1.165) is 16.3 Å². The van der Waals surface area contributed by atoms with Gasteiger partial charge in [0.25, 0.3) is 5.91 Å². The molecule has 10 heteroatoms. The summed E-state index contributed by atoms with van der Waals surface area (Å²) >= 11 is 1.53. The molecule has 1 atom stereocenters. The summed E-state index contributed by atoms with van der Waals surface area (Å²) in [6.45, 7) is 1.83. The van der Waals surface area contributed by atoms with Gasteiger partial charge in [0.05, 0.1) is 44.8 Å². The predicted molar refractivity (Wildman–Crippen MR) is 152 cm³/mol. The lowest BCUT2D eigenvalue weighted by molar-refractivity contribution is 0.102. The molecule has 1 fully saturated rings. The molecule has 8 nitrogen and oxygen atoms in total. The number of anilines is 3. The van der Waals surface area contributed by atoms with Gasteiger partial charge in [-0.15, -0.1) is 11.3 Å². The topological polar surface area (TPSA) is 106 Å². The molecular weight excluding hydrogens is 518 g/mol. The van der Waals surface area contributed by atoms with E-state index in [1.54, 1.807) is 10.7 Å². The number of rotatable bonds is 6. The van der Waals surface area contributed by atoms with E-state index in [1.165, 1.54) is 11.3 Å². The van der Waals surface area contributed by atoms with Crippen molar-refractivity contribution < 1.29 is 13.2 Å². The summed E-state index contributed by atoms with van der Waals surface area (Å²) in [7, 11) is -3.12. The highest BCUT2D eigenvalue weighted by Crippen LogP contribution is 2.33. The van der Waals surface area contributed by atoms with E-state index in [4.69, 9.17) is 4.98 Å². The van der Waals surface area contributed by atoms with Crippen LogP contribution in [0.25, 0.3) is 21.6 Å². The molecule has 0 aliphatic carbocycles. The SMILES string of the molecule is Cc1nn(C2CCS(=O)(=O)C2)c2nc(-c3cccs3)cc(C(=O)Nc3ccc(Nc4ccccc4)cc3)c12. The van der Waals surface area contributed by atoms with Crippen molar-refractivity contribution in [3.63, 3.8) is 0 Å². The highest BCUT2D eigenvalue weighted by atomic mass is 32.2. The van der Waals surface area contributed by atoms with Crippen molar-refractivity contribution in [2.24, 2.45) is 0 Å². The number of aryl methyl sites for hydroxylation is 1. The van der Waals surface area contributed by atoms with E-state index in [-0.39, 0.29) is 23.5 Å². The van der Waals surface area contributed by atoms with Crippen LogP contribution in [0.3, 0.4) is 0 Å². The zero-order valence-electron chi connectivity index (χ0n) is 20.6. The van der Waals surface area contributed by atoms with Crippen LogP contribution in [0.2, 0.25) is 0 Å². The van der Waals surface area contributed by atoms with E-state index >= 15 is 0 Å². The van der Waals surface area contributed by atoms with Crippen LogP contribution in [0.15, 0.2) is 78.2 Å². The van der Waals surface area contributed by atoms with Crippen LogP contribution in [0, 0.1) is 6.92 Å². The van der Waals surface area contributed by atoms with Gasteiger partial charge in [-0.1, -0.05) is 24.3 Å². The Morgan fingerprint density at radius 2 is 1.74 bits per heavy atom. The van der Waals surface area contributed by atoms with Gasteiger partial charge in [-0.3, -0.25) is 4.79 Å². The minimum Gasteiger partial charge on any atom is -0.356 e. The minimum absolute atomic E-state index is 0.0268. The molecule has 1 unspecified atom stereocenters. The van der Waals surface area contributed by atoms with Gasteiger partial charge in [0.15, 0.2) is 15.5 Å². The van der Waals surface area contributed by atoms with Crippen molar-refractivity contribution >= 4 is 55.2 Å². The van der Waals surface area contributed by atoms with Gasteiger partial charge in [-0.2, -0.15) is 5.10 Å². The first-order chi connectivity index (χ1) is 18.4. The number of sulfone groups is 1. The van der Waals surface area contributed by atoms with Crippen LogP contribution >= 0.6 is 11.3 Å². The molecule has 192 valence electrons. The first kappa shape index (κ1) is 24.3. The average Bonchev–Trinajstić information content (AvgIpc) is 3.65. The fourth-order valence-corrected chi connectivity index (χ4v) is 7.17. The van der Waals surface area contributed by atoms with Gasteiger partial charge in [0.2, 0.25) is 0 Å². The molecule has 1 saturated heterocycles. The summed E-state index contributed by atoms with van der Waals surface area (Å²) in [5.41, 5.74) is 4.82. The van der Waals surface area contributed by atoms with Gasteiger partial charge >= 0.3 is 0 Å². The smallest absolute Gasteiger partial charge is 0.256 e. The zero-order chi connectivity index (χ0) is 26.3. The molecule has 6 rings (SSSR count). The first-order valence-electron chi connectivity index (χ1n) is 12.2. The highest BCUT2D eigenvalue weighted by molar-refractivity contribution is 7.91. The van der Waals surface area contributed by atoms with Gasteiger partial charge in [-0.05, 0) is 67.3 Å². The molecule has 1 amide bonds. The molecule has 0 spiro atoms. The lowest BCUT2D eigenvalue weighted by Crippen LogP contribution is -2.15. The van der Waals surface area contributed by atoms with Crippen molar-refractivity contribution in [2.45, 2.75) is 19.4 Å². The number of aromatic nitrogens is 3. The molecule has 5 aromatic rings. The Morgan fingerprint density at radius 1 is 1.00 bits per heavy atom. The van der Waals surface area contributed by atoms with Crippen LogP contribution in [-0.4, -0.2) is 40.6 Å². The fraction of sp³-hybridized carbons (Fsp3) is 0.179. The summed E-state index contributed by atoms with van der Waals surface area (Å²) < 4.78 is 26.1. The number of pyridine rings is 1. The second-order valence-electron chi connectivity index (χ2n) is 9.34. The number of nitrogens with zero attached hydrogens (tertiary/aromatic N) is 3. The van der Waals surface area contributed by atoms with E-state index in [9.17, 15) is 13.2 Å². The molecule has 0 bridgehead atoms. The van der Waals surface area contributed by atoms with Crippen molar-refractivity contribution in [1.29, 1.82) is 0 Å². The Labute approximate surface area is 224 Å². The molecule has 1 aliphatic heterocycles. The third-order valence-corrected chi connectivity index (χ3v) is 9.26. The number of thiophene rings is 1. The monoisotopic (exact) mass is 543 g/mol. The number of benzene rings is 2. The summed E-state index contributed by atoms with van der Waals surface area (Å²) in [5, 5.41) is 13.6. The van der Waals surface area contributed by atoms with Gasteiger partial charge in [0.1, 0.15) is 0 Å². The average molecular weight is 544 g/mol. The Hall–Kier alpha value is -4.02. The van der Waals surface area contributed by atoms with Crippen molar-refractivity contribution in [1.82, 2.24) is 14.8 Å². The standard InChI is InChI=1S/C28H25N5O3S2/c1-18-26-23(28(34)30-21-11-9-20(10-12-21)29-19-6-3-2-4-7-19)16-24(25-8-5-14-37-25)31-27(26)33(32-18)22-13-15-38(35,36)17-22/h2-12,14,16,22,29H,13,15,17H2,1H3,(H,30,34). The molecule has 4 heterocycles. The Balaban J connectivity index is 1.35. The number of para-hydroxylation sites is 1. The largest absolute Gasteiger partial charge is 0.356 e. The van der Waals surface area contributed by atoms with Gasteiger partial charge < -0.3 is 10.6 Å². The highest BCUT2D eigenvalue weighted by Gasteiger charge is 2.32. The van der Waals surface area contributed by atoms with E-state index < -0.39 is 9.84 Å². The molecular formula is C28H25N5O3S2. The molecule has 0 saturated carbocycles. The molecule has 3 aromatic heterocycles. The minimum atomic E-state index is -3.12. The number of carbonyl (C=O) groups excluding carboxylic acids is 1. The quantitative estimate of drug-likeness (QED) is 0.279. The number of amides is 1. The maximum atomic E-state index is 13.6. The number of fused-ring (bicyclic) bond motifs is 1. The normalized spacial score (nSPS) is 16.5. The Morgan fingerprint density at radius 3 is 2.42 bits per heavy atom. The summed E-state index contributed by atoms with van der Waals surface area (Å²) in [6, 6.07) is 22.7. The van der Waals surface area contributed by atoms with E-state index in [0.29, 0.717) is 40.1 Å². The van der Waals surface area contributed by atoms with Crippen molar-refractivity contribution in [2.75, 3.05) is 22.1 Å². The van der Waals surface area contributed by atoms with Crippen molar-refractivity contribution in [3.05, 3.63) is 89.4 Å². The lowest BCUT2D eigenvalue weighted by atomic mass is 10.1. The van der Waals surface area contributed by atoms with Gasteiger partial charge in [-0.25, -0.2) is 18.1 Å². The van der Waals surface area contributed by atoms with Crippen LogP contribution in [0.4, 0.5) is 17.1 Å². The molecule has 2 aromatic carbocycles. The van der Waals surface area contributed by atoms with E-state index in [2.05, 4.69) is 15.7 Å². The second-order valence-corrected chi connectivity index (χ2v) is 12.5.